The van der Waals surface area contributed by atoms with E-state index in [0.717, 1.165) is 19.2 Å². The van der Waals surface area contributed by atoms with Gasteiger partial charge in [0.05, 0.1) is 18.8 Å². The predicted molar refractivity (Wildman–Crippen MR) is 109 cm³/mol. The number of alkyl halides is 2. The minimum absolute atomic E-state index is 0.299. The minimum Gasteiger partial charge on any atom is -0.428 e. The molecule has 0 radical (unpaired) electrons. The Morgan fingerprint density at radius 1 is 1.44 bits per heavy atom. The highest BCUT2D eigenvalue weighted by atomic mass is 19.3. The van der Waals surface area contributed by atoms with Crippen LogP contribution in [0.1, 0.15) is 27.0 Å². The number of hydrogen-bond acceptors (Lipinski definition) is 11. The number of nitrogens with one attached hydrogen (secondary N) is 1. The van der Waals surface area contributed by atoms with Crippen molar-refractivity contribution in [2.24, 2.45) is 11.7 Å². The number of nitrogens with zero attached hydrogens (tertiary/aromatic N) is 2. The second kappa shape index (κ2) is 10.9. The Kier molecular flexibility index (Phi) is 8.77. The van der Waals surface area contributed by atoms with Gasteiger partial charge in [-0.05, 0) is 12.0 Å². The molecule has 13 nitrogen and oxygen atoms in total. The third-order valence-electron chi connectivity index (χ3n) is 5.07. The van der Waals surface area contributed by atoms with Gasteiger partial charge in [-0.25, -0.2) is 9.59 Å². The fourth-order valence-electron chi connectivity index (χ4n) is 2.76. The van der Waals surface area contributed by atoms with Crippen molar-refractivity contribution in [1.82, 2.24) is 9.55 Å². The number of aromatic nitrogens is 2. The maximum absolute atomic E-state index is 14.7. The van der Waals surface area contributed by atoms with Crippen LogP contribution in [0, 0.1) is 5.92 Å². The third kappa shape index (κ3) is 6.31. The number of rotatable bonds is 10. The first kappa shape index (κ1) is 27.2. The van der Waals surface area contributed by atoms with Gasteiger partial charge in [0.15, 0.2) is 6.10 Å². The molecule has 1 aliphatic heterocycles. The second-order valence-corrected chi connectivity index (χ2v) is 7.86. The van der Waals surface area contributed by atoms with E-state index in [1.54, 1.807) is 13.8 Å². The molecule has 2 heterocycles. The molecule has 4 atom stereocenters. The van der Waals surface area contributed by atoms with Crippen molar-refractivity contribution in [3.63, 3.8) is 0 Å². The van der Waals surface area contributed by atoms with Gasteiger partial charge >= 0.3 is 23.7 Å². The summed E-state index contributed by atoms with van der Waals surface area (Å²) in [5.41, 5.74) is 3.30. The Labute approximate surface area is 192 Å². The van der Waals surface area contributed by atoms with Crippen molar-refractivity contribution in [2.45, 2.75) is 50.7 Å². The Morgan fingerprint density at radius 2 is 2.12 bits per heavy atom. The molecule has 1 aromatic rings. The summed E-state index contributed by atoms with van der Waals surface area (Å²) in [6.07, 6.45) is -5.84. The van der Waals surface area contributed by atoms with E-state index in [9.17, 15) is 33.1 Å². The molecular formula is C19H26F2N4O9. The molecule has 0 spiro atoms. The van der Waals surface area contributed by atoms with Gasteiger partial charge in [0.1, 0.15) is 18.2 Å². The molecule has 0 aromatic carbocycles. The Bertz CT molecular complexity index is 958. The van der Waals surface area contributed by atoms with Gasteiger partial charge in [0.25, 0.3) is 0 Å². The van der Waals surface area contributed by atoms with Crippen LogP contribution in [-0.2, 0) is 28.5 Å². The average molecular weight is 492 g/mol. The van der Waals surface area contributed by atoms with Crippen LogP contribution in [0.25, 0.3) is 0 Å². The van der Waals surface area contributed by atoms with E-state index in [4.69, 9.17) is 15.2 Å². The molecule has 0 aliphatic carbocycles. The third-order valence-corrected chi connectivity index (χ3v) is 5.07. The van der Waals surface area contributed by atoms with Crippen LogP contribution in [-0.4, -0.2) is 76.7 Å². The number of anilines is 1. The molecule has 0 bridgehead atoms. The van der Waals surface area contributed by atoms with Gasteiger partial charge < -0.3 is 34.6 Å². The van der Waals surface area contributed by atoms with E-state index in [0.29, 0.717) is 10.9 Å². The lowest BCUT2D eigenvalue weighted by Crippen LogP contribution is -2.51. The topological polar surface area (TPSA) is 181 Å². The van der Waals surface area contributed by atoms with E-state index < -0.39 is 61.0 Å². The normalized spacial score (nSPS) is 23.2. The average Bonchev–Trinajstić information content (AvgIpc) is 2.96. The van der Waals surface area contributed by atoms with E-state index in [-0.39, 0.29) is 18.3 Å². The van der Waals surface area contributed by atoms with Gasteiger partial charge in [0.2, 0.25) is 13.0 Å². The standard InChI is InChI=1S/C19H26F2N4O9/c1-10(2)18(22,7-26)8-31-6-12-14(28)19(20,21)15(34-12)25-5-4-13(23-16(25)29)24-17(30)33-9-32-11(3)27/h4-5,7,10,12,14-15,28H,6,8-9,22H2,1-3H3,(H,23,24,29,30)/t12?,14-,15-,18+/m1/s1. The van der Waals surface area contributed by atoms with E-state index in [2.05, 4.69) is 19.8 Å². The Morgan fingerprint density at radius 3 is 2.68 bits per heavy atom. The zero-order valence-electron chi connectivity index (χ0n) is 18.6. The molecule has 4 N–H and O–H groups in total. The van der Waals surface area contributed by atoms with Crippen LogP contribution in [0.3, 0.4) is 0 Å². The van der Waals surface area contributed by atoms with Crippen LogP contribution in [0.5, 0.6) is 0 Å². The molecule has 1 amide bonds. The SMILES string of the molecule is CC(=O)OCOC(=O)Nc1ccn([C@@H]2OC(COC[C@@](N)(C=O)C(C)C)[C@@H](O)C2(F)F)c(=O)n1. The van der Waals surface area contributed by atoms with Crippen molar-refractivity contribution in [3.05, 3.63) is 22.7 Å². The molecule has 1 aliphatic rings. The predicted octanol–water partition coefficient (Wildman–Crippen LogP) is -0.225. The van der Waals surface area contributed by atoms with Crippen molar-refractivity contribution >= 4 is 24.2 Å². The summed E-state index contributed by atoms with van der Waals surface area (Å²) in [4.78, 5) is 49.1. The number of aliphatic hydroxyl groups excluding tert-OH is 1. The van der Waals surface area contributed by atoms with Crippen molar-refractivity contribution < 1.29 is 47.2 Å². The number of amides is 1. The van der Waals surface area contributed by atoms with Gasteiger partial charge in [-0.2, -0.15) is 13.8 Å². The highest BCUT2D eigenvalue weighted by molar-refractivity contribution is 5.83. The quantitative estimate of drug-likeness (QED) is 0.223. The van der Waals surface area contributed by atoms with E-state index in [1.165, 1.54) is 0 Å². The lowest BCUT2D eigenvalue weighted by atomic mass is 9.90. The fourth-order valence-corrected chi connectivity index (χ4v) is 2.76. The first-order valence-corrected chi connectivity index (χ1v) is 10.0. The summed E-state index contributed by atoms with van der Waals surface area (Å²) in [6, 6.07) is 1.01. The number of aliphatic hydroxyl groups is 1. The summed E-state index contributed by atoms with van der Waals surface area (Å²) in [7, 11) is 0. The fraction of sp³-hybridized carbons (Fsp3) is 0.632. The summed E-state index contributed by atoms with van der Waals surface area (Å²) < 4.78 is 49.1. The molecule has 1 saturated heterocycles. The molecular weight excluding hydrogens is 466 g/mol. The van der Waals surface area contributed by atoms with Gasteiger partial charge in [-0.15, -0.1) is 0 Å². The monoisotopic (exact) mass is 492 g/mol. The number of ether oxygens (including phenoxy) is 4. The van der Waals surface area contributed by atoms with Crippen molar-refractivity contribution in [2.75, 3.05) is 25.3 Å². The lowest BCUT2D eigenvalue weighted by molar-refractivity contribution is -0.148. The maximum Gasteiger partial charge on any atom is 0.415 e. The van der Waals surface area contributed by atoms with Crippen LogP contribution < -0.4 is 16.7 Å². The first-order chi connectivity index (χ1) is 15.8. The van der Waals surface area contributed by atoms with Gasteiger partial charge in [-0.3, -0.25) is 14.7 Å². The first-order valence-electron chi connectivity index (χ1n) is 10.0. The highest BCUT2D eigenvalue weighted by Crippen LogP contribution is 2.42. The lowest BCUT2D eigenvalue weighted by Gasteiger charge is -2.27. The van der Waals surface area contributed by atoms with Crippen LogP contribution >= 0.6 is 0 Å². The number of aldehydes is 1. The molecule has 15 heteroatoms. The summed E-state index contributed by atoms with van der Waals surface area (Å²) in [5, 5.41) is 12.1. The number of nitrogens with two attached hydrogens (primary N) is 1. The summed E-state index contributed by atoms with van der Waals surface area (Å²) >= 11 is 0. The van der Waals surface area contributed by atoms with Crippen molar-refractivity contribution in [3.8, 4) is 0 Å². The number of halogens is 2. The number of esters is 1. The second-order valence-electron chi connectivity index (χ2n) is 7.86. The summed E-state index contributed by atoms with van der Waals surface area (Å²) in [6.45, 7) is 2.95. The maximum atomic E-state index is 14.7. The zero-order valence-corrected chi connectivity index (χ0v) is 18.6. The molecule has 1 fully saturated rings. The Hall–Kier alpha value is -3.01. The number of carbonyl (C=O) groups excluding carboxylic acids is 3. The zero-order chi connectivity index (χ0) is 25.7. The van der Waals surface area contributed by atoms with E-state index >= 15 is 0 Å². The van der Waals surface area contributed by atoms with Gasteiger partial charge in [0, 0.05) is 13.1 Å². The highest BCUT2D eigenvalue weighted by Gasteiger charge is 2.59. The molecule has 190 valence electrons. The number of carbonyl (C=O) groups is 3. The van der Waals surface area contributed by atoms with Crippen LogP contribution in [0.2, 0.25) is 0 Å². The van der Waals surface area contributed by atoms with Gasteiger partial charge in [-0.1, -0.05) is 13.8 Å². The Balaban J connectivity index is 2.05. The molecule has 0 saturated carbocycles. The smallest absolute Gasteiger partial charge is 0.415 e. The molecule has 1 aromatic heterocycles. The van der Waals surface area contributed by atoms with Crippen LogP contribution in [0.15, 0.2) is 17.1 Å². The molecule has 34 heavy (non-hydrogen) atoms. The molecule has 2 rings (SSSR count). The van der Waals surface area contributed by atoms with E-state index in [1.807, 2.05) is 0 Å². The number of hydrogen-bond donors (Lipinski definition) is 3. The molecule has 1 unspecified atom stereocenters. The largest absolute Gasteiger partial charge is 0.428 e. The van der Waals surface area contributed by atoms with Crippen molar-refractivity contribution in [1.29, 1.82) is 0 Å². The minimum atomic E-state index is -3.90. The van der Waals surface area contributed by atoms with Crippen LogP contribution in [0.4, 0.5) is 19.4 Å². The summed E-state index contributed by atoms with van der Waals surface area (Å²) in [5.74, 6) is -5.23.